The van der Waals surface area contributed by atoms with Crippen LogP contribution in [0, 0.1) is 5.92 Å². The molecule has 1 aliphatic heterocycles. The Kier molecular flexibility index (Phi) is 5.71. The van der Waals surface area contributed by atoms with Crippen LogP contribution in [0.5, 0.6) is 0 Å². The average molecular weight is 236 g/mol. The van der Waals surface area contributed by atoms with Gasteiger partial charge in [0.25, 0.3) is 0 Å². The second-order valence-electron chi connectivity index (χ2n) is 3.52. The van der Waals surface area contributed by atoms with Crippen molar-refractivity contribution in [3.05, 3.63) is 0 Å². The van der Waals surface area contributed by atoms with E-state index in [1.165, 1.54) is 0 Å². The number of nitrogens with zero attached hydrogens (tertiary/aromatic N) is 1. The van der Waals surface area contributed by atoms with Crippen LogP contribution in [0.25, 0.3) is 0 Å². The monoisotopic (exact) mass is 235 g/mol. The highest BCUT2D eigenvalue weighted by atomic mass is 35.5. The molecule has 1 amide bonds. The van der Waals surface area contributed by atoms with Gasteiger partial charge in [-0.3, -0.25) is 4.79 Å². The van der Waals surface area contributed by atoms with Gasteiger partial charge < -0.3 is 4.90 Å². The Hall–Kier alpha value is 0.110. The molecule has 1 unspecified atom stereocenters. The van der Waals surface area contributed by atoms with Crippen LogP contribution < -0.4 is 0 Å². The summed E-state index contributed by atoms with van der Waals surface area (Å²) in [7, 11) is 0. The molecule has 0 aromatic rings. The van der Waals surface area contributed by atoms with E-state index in [4.69, 9.17) is 11.6 Å². The van der Waals surface area contributed by atoms with E-state index < -0.39 is 0 Å². The summed E-state index contributed by atoms with van der Waals surface area (Å²) in [6, 6.07) is 0. The number of carbonyl (C=O) groups is 1. The molecule has 0 aliphatic carbocycles. The zero-order valence-corrected chi connectivity index (χ0v) is 10.2. The molecule has 4 heteroatoms. The van der Waals surface area contributed by atoms with Crippen LogP contribution in [-0.2, 0) is 4.79 Å². The molecular weight excluding hydrogens is 218 g/mol. The first-order valence-electron chi connectivity index (χ1n) is 5.22. The third-order valence-corrected chi connectivity index (χ3v) is 3.96. The van der Waals surface area contributed by atoms with Crippen LogP contribution in [-0.4, -0.2) is 41.3 Å². The van der Waals surface area contributed by atoms with Gasteiger partial charge in [0.2, 0.25) is 5.91 Å². The smallest absolute Gasteiger partial charge is 0.226 e. The molecule has 1 atom stereocenters. The zero-order valence-electron chi connectivity index (χ0n) is 8.67. The lowest BCUT2D eigenvalue weighted by atomic mass is 10.1. The highest BCUT2D eigenvalue weighted by Crippen LogP contribution is 2.25. The highest BCUT2D eigenvalue weighted by Gasteiger charge is 2.26. The maximum atomic E-state index is 12.0. The third kappa shape index (κ3) is 3.35. The lowest BCUT2D eigenvalue weighted by Crippen LogP contribution is -2.37. The van der Waals surface area contributed by atoms with Crippen molar-refractivity contribution in [2.24, 2.45) is 5.92 Å². The van der Waals surface area contributed by atoms with Gasteiger partial charge in [-0.25, -0.2) is 0 Å². The van der Waals surface area contributed by atoms with E-state index in [9.17, 15) is 4.79 Å². The normalized spacial score (nSPS) is 21.1. The molecule has 0 radical (unpaired) electrons. The van der Waals surface area contributed by atoms with Crippen LogP contribution in [0.3, 0.4) is 0 Å². The molecule has 0 spiro atoms. The third-order valence-electron chi connectivity index (χ3n) is 2.53. The topological polar surface area (TPSA) is 20.3 Å². The minimum Gasteiger partial charge on any atom is -0.343 e. The quantitative estimate of drug-likeness (QED) is 0.682. The molecule has 0 N–H and O–H groups in total. The van der Waals surface area contributed by atoms with E-state index in [0.717, 1.165) is 37.4 Å². The summed E-state index contributed by atoms with van der Waals surface area (Å²) < 4.78 is 0. The molecule has 1 aliphatic rings. The summed E-state index contributed by atoms with van der Waals surface area (Å²) in [6.07, 6.45) is 1.96. The van der Waals surface area contributed by atoms with Gasteiger partial charge in [-0.05, 0) is 25.5 Å². The van der Waals surface area contributed by atoms with E-state index in [0.29, 0.717) is 11.8 Å². The summed E-state index contributed by atoms with van der Waals surface area (Å²) in [5.41, 5.74) is 0. The number of hydrogen-bond acceptors (Lipinski definition) is 2. The van der Waals surface area contributed by atoms with Crippen LogP contribution in [0.15, 0.2) is 0 Å². The van der Waals surface area contributed by atoms with Crippen molar-refractivity contribution in [3.63, 3.8) is 0 Å². The van der Waals surface area contributed by atoms with Gasteiger partial charge in [-0.15, -0.1) is 11.6 Å². The number of amides is 1. The summed E-state index contributed by atoms with van der Waals surface area (Å²) in [6.45, 7) is 3.67. The number of rotatable bonds is 5. The second kappa shape index (κ2) is 6.57. The molecule has 0 saturated carbocycles. The molecule has 1 saturated heterocycles. The molecule has 0 aromatic carbocycles. The fourth-order valence-corrected chi connectivity index (χ4v) is 2.99. The molecule has 82 valence electrons. The van der Waals surface area contributed by atoms with E-state index in [1.807, 2.05) is 23.6 Å². The van der Waals surface area contributed by atoms with Crippen molar-refractivity contribution in [3.8, 4) is 0 Å². The van der Waals surface area contributed by atoms with Crippen LogP contribution in [0.4, 0.5) is 0 Å². The van der Waals surface area contributed by atoms with Gasteiger partial charge in [0.1, 0.15) is 0 Å². The predicted molar refractivity (Wildman–Crippen MR) is 63.0 cm³/mol. The Morgan fingerprint density at radius 3 is 2.93 bits per heavy atom. The van der Waals surface area contributed by atoms with Gasteiger partial charge in [-0.2, -0.15) is 11.8 Å². The van der Waals surface area contributed by atoms with Crippen molar-refractivity contribution in [2.75, 3.05) is 30.5 Å². The fraction of sp³-hybridized carbons (Fsp3) is 0.900. The number of halogens is 1. The minimum absolute atomic E-state index is 0.273. The van der Waals surface area contributed by atoms with Gasteiger partial charge in [0.15, 0.2) is 0 Å². The summed E-state index contributed by atoms with van der Waals surface area (Å²) in [5, 5.41) is 0. The Morgan fingerprint density at radius 1 is 1.64 bits per heavy atom. The number of thioether (sulfide) groups is 1. The zero-order chi connectivity index (χ0) is 10.4. The second-order valence-corrected chi connectivity index (χ2v) is 5.05. The first-order valence-corrected chi connectivity index (χ1v) is 6.91. The largest absolute Gasteiger partial charge is 0.343 e. The Balaban J connectivity index is 2.37. The van der Waals surface area contributed by atoms with E-state index in [-0.39, 0.29) is 5.92 Å². The van der Waals surface area contributed by atoms with Crippen LogP contribution >= 0.6 is 23.4 Å². The first kappa shape index (κ1) is 12.2. The van der Waals surface area contributed by atoms with Gasteiger partial charge in [0, 0.05) is 30.6 Å². The minimum atomic E-state index is 0.273. The molecule has 1 fully saturated rings. The Morgan fingerprint density at radius 2 is 2.43 bits per heavy atom. The van der Waals surface area contributed by atoms with Crippen LogP contribution in [0.2, 0.25) is 0 Å². The van der Waals surface area contributed by atoms with Gasteiger partial charge >= 0.3 is 0 Å². The van der Waals surface area contributed by atoms with Crippen molar-refractivity contribution < 1.29 is 4.79 Å². The van der Waals surface area contributed by atoms with Crippen molar-refractivity contribution in [1.82, 2.24) is 4.90 Å². The molecule has 2 nitrogen and oxygen atoms in total. The number of alkyl halides is 1. The summed E-state index contributed by atoms with van der Waals surface area (Å²) in [5.74, 6) is 3.40. The van der Waals surface area contributed by atoms with Crippen molar-refractivity contribution in [1.29, 1.82) is 0 Å². The standard InChI is InChI=1S/C10H18ClNOS/c1-2-12(6-3-5-11)10(13)9-4-7-14-8-9/h9H,2-8H2,1H3. The first-order chi connectivity index (χ1) is 6.79. The Labute approximate surface area is 95.4 Å². The molecule has 0 aromatic heterocycles. The molecule has 1 rings (SSSR count). The van der Waals surface area contributed by atoms with Gasteiger partial charge in [0.05, 0.1) is 0 Å². The van der Waals surface area contributed by atoms with E-state index in [1.54, 1.807) is 0 Å². The molecule has 14 heavy (non-hydrogen) atoms. The average Bonchev–Trinajstić information content (AvgIpc) is 2.71. The summed E-state index contributed by atoms with van der Waals surface area (Å²) >= 11 is 7.51. The van der Waals surface area contributed by atoms with Crippen LogP contribution in [0.1, 0.15) is 19.8 Å². The maximum Gasteiger partial charge on any atom is 0.226 e. The fourth-order valence-electron chi connectivity index (χ4n) is 1.66. The summed E-state index contributed by atoms with van der Waals surface area (Å²) in [4.78, 5) is 13.9. The lowest BCUT2D eigenvalue weighted by Gasteiger charge is -2.23. The highest BCUT2D eigenvalue weighted by molar-refractivity contribution is 7.99. The maximum absolute atomic E-state index is 12.0. The van der Waals surface area contributed by atoms with Crippen molar-refractivity contribution in [2.45, 2.75) is 19.8 Å². The molecular formula is C10H18ClNOS. The number of carbonyl (C=O) groups excluding carboxylic acids is 1. The van der Waals surface area contributed by atoms with E-state index in [2.05, 4.69) is 0 Å². The molecule has 1 heterocycles. The van der Waals surface area contributed by atoms with Gasteiger partial charge in [-0.1, -0.05) is 0 Å². The lowest BCUT2D eigenvalue weighted by molar-refractivity contribution is -0.134. The van der Waals surface area contributed by atoms with E-state index >= 15 is 0 Å². The molecule has 0 bridgehead atoms. The predicted octanol–water partition coefficient (Wildman–Crippen LogP) is 2.22. The van der Waals surface area contributed by atoms with Crippen molar-refractivity contribution >= 4 is 29.3 Å². The SMILES string of the molecule is CCN(CCCCl)C(=O)C1CCSC1. The number of hydrogen-bond donors (Lipinski definition) is 0. The Bertz CT molecular complexity index is 183.